The zero-order valence-corrected chi connectivity index (χ0v) is 16.2. The molecule has 1 aliphatic carbocycles. The molecule has 3 heterocycles. The number of amides is 1. The molecule has 1 saturated carbocycles. The van der Waals surface area contributed by atoms with Crippen molar-refractivity contribution in [1.82, 2.24) is 14.5 Å². The molecule has 1 amide bonds. The first-order valence-electron chi connectivity index (χ1n) is 10.5. The van der Waals surface area contributed by atoms with Gasteiger partial charge in [-0.1, -0.05) is 6.42 Å². The third kappa shape index (κ3) is 3.36. The molecular weight excluding hydrogens is 354 g/mol. The van der Waals surface area contributed by atoms with Gasteiger partial charge in [0.05, 0.1) is 0 Å². The van der Waals surface area contributed by atoms with E-state index in [1.165, 1.54) is 19.3 Å². The number of hydrogen-bond donors (Lipinski definition) is 0. The predicted molar refractivity (Wildman–Crippen MR) is 105 cm³/mol. The van der Waals surface area contributed by atoms with Crippen LogP contribution in [-0.4, -0.2) is 46.7 Å². The summed E-state index contributed by atoms with van der Waals surface area (Å²) in [6.07, 6.45) is 10.1. The summed E-state index contributed by atoms with van der Waals surface area (Å²) in [5, 5.41) is 0. The largest absolute Gasteiger partial charge is 0.486 e. The number of ether oxygens (including phenoxy) is 2. The lowest BCUT2D eigenvalue weighted by Gasteiger charge is -2.34. The molecule has 28 heavy (non-hydrogen) atoms. The van der Waals surface area contributed by atoms with Crippen molar-refractivity contribution in [3.63, 3.8) is 0 Å². The molecule has 148 valence electrons. The van der Waals surface area contributed by atoms with Crippen LogP contribution in [0.4, 0.5) is 0 Å². The minimum atomic E-state index is 0.0683. The maximum absolute atomic E-state index is 13.1. The highest BCUT2D eigenvalue weighted by Crippen LogP contribution is 2.33. The van der Waals surface area contributed by atoms with Gasteiger partial charge < -0.3 is 18.9 Å². The first kappa shape index (κ1) is 17.6. The maximum Gasteiger partial charge on any atom is 0.254 e. The molecular formula is C22H27N3O3. The summed E-state index contributed by atoms with van der Waals surface area (Å²) in [5.74, 6) is 3.71. The Balaban J connectivity index is 1.30. The third-order valence-corrected chi connectivity index (χ3v) is 6.29. The lowest BCUT2D eigenvalue weighted by atomic mass is 9.85. The van der Waals surface area contributed by atoms with Crippen LogP contribution in [0.2, 0.25) is 0 Å². The highest BCUT2D eigenvalue weighted by Gasteiger charge is 2.29. The van der Waals surface area contributed by atoms with Gasteiger partial charge in [0.15, 0.2) is 11.5 Å². The van der Waals surface area contributed by atoms with E-state index in [2.05, 4.69) is 15.7 Å². The Morgan fingerprint density at radius 3 is 2.79 bits per heavy atom. The molecule has 2 aliphatic heterocycles. The van der Waals surface area contributed by atoms with E-state index < -0.39 is 0 Å². The highest BCUT2D eigenvalue weighted by atomic mass is 16.6. The van der Waals surface area contributed by atoms with E-state index in [0.29, 0.717) is 30.4 Å². The van der Waals surface area contributed by atoms with Crippen LogP contribution in [0.3, 0.4) is 0 Å². The van der Waals surface area contributed by atoms with Gasteiger partial charge in [-0.05, 0) is 49.8 Å². The number of carbonyl (C=O) groups excluding carboxylic acids is 1. The molecule has 2 aromatic rings. The Hall–Kier alpha value is -2.50. The van der Waals surface area contributed by atoms with Gasteiger partial charge >= 0.3 is 0 Å². The maximum atomic E-state index is 13.1. The summed E-state index contributed by atoms with van der Waals surface area (Å²) in [6.45, 7) is 3.69. The quantitative estimate of drug-likeness (QED) is 0.814. The molecule has 0 radical (unpaired) electrons. The van der Waals surface area contributed by atoms with Crippen molar-refractivity contribution in [3.8, 4) is 11.5 Å². The number of rotatable bonds is 4. The van der Waals surface area contributed by atoms with E-state index in [1.54, 1.807) is 0 Å². The van der Waals surface area contributed by atoms with Gasteiger partial charge in [0.2, 0.25) is 0 Å². The predicted octanol–water partition coefficient (Wildman–Crippen LogP) is 3.47. The van der Waals surface area contributed by atoms with E-state index in [9.17, 15) is 4.79 Å². The molecule has 0 N–H and O–H groups in total. The van der Waals surface area contributed by atoms with Gasteiger partial charge in [-0.2, -0.15) is 0 Å². The average molecular weight is 381 g/mol. The molecule has 2 fully saturated rings. The average Bonchev–Trinajstić information content (AvgIpc) is 3.18. The molecule has 6 nitrogen and oxygen atoms in total. The Labute approximate surface area is 165 Å². The normalized spacial score (nSPS) is 22.0. The lowest BCUT2D eigenvalue weighted by molar-refractivity contribution is 0.0701. The number of imidazole rings is 1. The van der Waals surface area contributed by atoms with Crippen molar-refractivity contribution in [2.45, 2.75) is 44.6 Å². The summed E-state index contributed by atoms with van der Waals surface area (Å²) in [6, 6.07) is 5.50. The highest BCUT2D eigenvalue weighted by molar-refractivity contribution is 5.95. The smallest absolute Gasteiger partial charge is 0.254 e. The zero-order chi connectivity index (χ0) is 18.9. The first-order valence-corrected chi connectivity index (χ1v) is 10.5. The van der Waals surface area contributed by atoms with Gasteiger partial charge in [0.1, 0.15) is 19.0 Å². The van der Waals surface area contributed by atoms with E-state index in [4.69, 9.17) is 9.47 Å². The Kier molecular flexibility index (Phi) is 4.71. The van der Waals surface area contributed by atoms with Crippen molar-refractivity contribution >= 4 is 5.91 Å². The molecule has 0 spiro atoms. The fraction of sp³-hybridized carbons (Fsp3) is 0.545. The molecule has 1 saturated heterocycles. The second kappa shape index (κ2) is 7.49. The summed E-state index contributed by atoms with van der Waals surface area (Å²) >= 11 is 0. The number of likely N-dealkylation sites (tertiary alicyclic amines) is 1. The standard InChI is InChI=1S/C22H27N3O3/c26-22(17-6-7-19-20(13-17)28-12-11-27-19)25-9-2-5-18(15-25)21-23-8-10-24(21)14-16-3-1-4-16/h6-8,10,13,16,18H,1-5,9,11-12,14-15H2/t18-/m0/s1. The number of piperidine rings is 1. The number of aromatic nitrogens is 2. The van der Waals surface area contributed by atoms with E-state index in [0.717, 1.165) is 50.0 Å². The summed E-state index contributed by atoms with van der Waals surface area (Å²) in [5.41, 5.74) is 0.669. The molecule has 5 rings (SSSR count). The van der Waals surface area contributed by atoms with Gasteiger partial charge in [-0.25, -0.2) is 4.98 Å². The van der Waals surface area contributed by atoms with Crippen LogP contribution < -0.4 is 9.47 Å². The van der Waals surface area contributed by atoms with Crippen molar-refractivity contribution in [1.29, 1.82) is 0 Å². The lowest BCUT2D eigenvalue weighted by Crippen LogP contribution is -2.40. The second-order valence-electron chi connectivity index (χ2n) is 8.18. The van der Waals surface area contributed by atoms with Gasteiger partial charge in [0, 0.05) is 43.5 Å². The molecule has 6 heteroatoms. The summed E-state index contributed by atoms with van der Waals surface area (Å²) in [7, 11) is 0. The van der Waals surface area contributed by atoms with Gasteiger partial charge in [-0.3, -0.25) is 4.79 Å². The van der Waals surface area contributed by atoms with Crippen LogP contribution in [0.5, 0.6) is 11.5 Å². The number of hydrogen-bond acceptors (Lipinski definition) is 4. The van der Waals surface area contributed by atoms with E-state index in [1.807, 2.05) is 29.3 Å². The Morgan fingerprint density at radius 2 is 1.96 bits per heavy atom. The van der Waals surface area contributed by atoms with Crippen LogP contribution in [0.25, 0.3) is 0 Å². The third-order valence-electron chi connectivity index (χ3n) is 6.29. The van der Waals surface area contributed by atoms with Gasteiger partial charge in [0.25, 0.3) is 5.91 Å². The first-order chi connectivity index (χ1) is 13.8. The van der Waals surface area contributed by atoms with Crippen LogP contribution in [0.1, 0.15) is 54.2 Å². The molecule has 1 aromatic carbocycles. The fourth-order valence-corrected chi connectivity index (χ4v) is 4.52. The summed E-state index contributed by atoms with van der Waals surface area (Å²) in [4.78, 5) is 19.8. The number of carbonyl (C=O) groups is 1. The molecule has 0 bridgehead atoms. The summed E-state index contributed by atoms with van der Waals surface area (Å²) < 4.78 is 13.5. The Bertz CT molecular complexity index is 858. The van der Waals surface area contributed by atoms with Crippen LogP contribution in [0.15, 0.2) is 30.6 Å². The molecule has 1 atom stereocenters. The van der Waals surface area contributed by atoms with Crippen molar-refractivity contribution < 1.29 is 14.3 Å². The molecule has 3 aliphatic rings. The van der Waals surface area contributed by atoms with Crippen molar-refractivity contribution in [2.24, 2.45) is 5.92 Å². The van der Waals surface area contributed by atoms with Gasteiger partial charge in [-0.15, -0.1) is 0 Å². The van der Waals surface area contributed by atoms with Crippen LogP contribution in [0, 0.1) is 5.92 Å². The van der Waals surface area contributed by atoms with Crippen LogP contribution >= 0.6 is 0 Å². The second-order valence-corrected chi connectivity index (χ2v) is 8.18. The molecule has 1 aromatic heterocycles. The fourth-order valence-electron chi connectivity index (χ4n) is 4.52. The van der Waals surface area contributed by atoms with E-state index in [-0.39, 0.29) is 5.91 Å². The number of benzene rings is 1. The van der Waals surface area contributed by atoms with Crippen molar-refractivity contribution in [2.75, 3.05) is 26.3 Å². The van der Waals surface area contributed by atoms with E-state index >= 15 is 0 Å². The van der Waals surface area contributed by atoms with Crippen LogP contribution in [-0.2, 0) is 6.54 Å². The number of fused-ring (bicyclic) bond motifs is 1. The minimum Gasteiger partial charge on any atom is -0.486 e. The van der Waals surface area contributed by atoms with Crippen molar-refractivity contribution in [3.05, 3.63) is 42.0 Å². The Morgan fingerprint density at radius 1 is 1.11 bits per heavy atom. The molecule has 0 unspecified atom stereocenters. The monoisotopic (exact) mass is 381 g/mol. The minimum absolute atomic E-state index is 0.0683. The number of nitrogens with zero attached hydrogens (tertiary/aromatic N) is 3. The topological polar surface area (TPSA) is 56.6 Å². The zero-order valence-electron chi connectivity index (χ0n) is 16.2. The SMILES string of the molecule is O=C(c1ccc2c(c1)OCCO2)N1CCC[C@H](c2nccn2CC2CCC2)C1.